The fraction of sp³-hybridized carbons (Fsp3) is 0.300. The Balaban J connectivity index is 1.62. The van der Waals surface area contributed by atoms with Crippen molar-refractivity contribution in [3.05, 3.63) is 54.6 Å². The molecule has 0 radical (unpaired) electrons. The van der Waals surface area contributed by atoms with E-state index in [1.807, 2.05) is 54.6 Å². The van der Waals surface area contributed by atoms with Crippen molar-refractivity contribution < 1.29 is 24.2 Å². The molecule has 2 aromatic rings. The second-order valence-electron chi connectivity index (χ2n) is 6.08. The minimum atomic E-state index is -0.933. The van der Waals surface area contributed by atoms with E-state index in [1.165, 1.54) is 0 Å². The van der Waals surface area contributed by atoms with Gasteiger partial charge in [0.15, 0.2) is 6.61 Å². The number of morpholine rings is 1. The molecule has 0 aliphatic carbocycles. The number of hydrogen-bond donors (Lipinski definition) is 1. The molecule has 2 aromatic carbocycles. The highest BCUT2D eigenvalue weighted by Crippen LogP contribution is 2.29. The van der Waals surface area contributed by atoms with E-state index in [9.17, 15) is 9.59 Å². The molecule has 0 bridgehead atoms. The number of aliphatic carboxylic acids is 1. The number of carboxylic acids is 1. The first-order valence-electron chi connectivity index (χ1n) is 8.52. The lowest BCUT2D eigenvalue weighted by molar-refractivity contribution is -0.148. The lowest BCUT2D eigenvalue weighted by Crippen LogP contribution is -2.47. The summed E-state index contributed by atoms with van der Waals surface area (Å²) in [5, 5.41) is 8.87. The van der Waals surface area contributed by atoms with Crippen LogP contribution in [0.5, 0.6) is 5.75 Å². The average molecular weight is 355 g/mol. The van der Waals surface area contributed by atoms with Gasteiger partial charge in [0.1, 0.15) is 5.75 Å². The Morgan fingerprint density at radius 1 is 1.12 bits per heavy atom. The Hall–Kier alpha value is -2.86. The average Bonchev–Trinajstić information content (AvgIpc) is 2.67. The van der Waals surface area contributed by atoms with Gasteiger partial charge in [0, 0.05) is 18.7 Å². The smallest absolute Gasteiger partial charge is 0.306 e. The highest BCUT2D eigenvalue weighted by atomic mass is 16.5. The van der Waals surface area contributed by atoms with Gasteiger partial charge in [-0.05, 0) is 11.6 Å². The van der Waals surface area contributed by atoms with E-state index in [0.717, 1.165) is 11.1 Å². The quantitative estimate of drug-likeness (QED) is 0.861. The molecule has 3 rings (SSSR count). The maximum Gasteiger partial charge on any atom is 0.306 e. The standard InChI is InChI=1S/C20H21NO5/c22-19(21-10-11-25-16(13-21)12-20(23)24)14-26-18-9-5-4-8-17(18)15-6-2-1-3-7-15/h1-9,16H,10-14H2,(H,23,24). The molecular formula is C20H21NO5. The SMILES string of the molecule is O=C(O)CC1CN(C(=O)COc2ccccc2-c2ccccc2)CCO1. The number of hydrogen-bond acceptors (Lipinski definition) is 4. The summed E-state index contributed by atoms with van der Waals surface area (Å²) in [7, 11) is 0. The maximum atomic E-state index is 12.4. The third kappa shape index (κ3) is 4.61. The van der Waals surface area contributed by atoms with Crippen molar-refractivity contribution in [3.63, 3.8) is 0 Å². The molecule has 6 nitrogen and oxygen atoms in total. The molecule has 26 heavy (non-hydrogen) atoms. The van der Waals surface area contributed by atoms with Crippen LogP contribution >= 0.6 is 0 Å². The minimum absolute atomic E-state index is 0.0936. The van der Waals surface area contributed by atoms with Crippen LogP contribution in [-0.2, 0) is 14.3 Å². The van der Waals surface area contributed by atoms with Crippen LogP contribution in [0, 0.1) is 0 Å². The van der Waals surface area contributed by atoms with Crippen molar-refractivity contribution in [2.24, 2.45) is 0 Å². The molecule has 1 fully saturated rings. The van der Waals surface area contributed by atoms with E-state index < -0.39 is 12.1 Å². The molecule has 0 aromatic heterocycles. The summed E-state index contributed by atoms with van der Waals surface area (Å²) in [6.07, 6.45) is -0.580. The predicted molar refractivity (Wildman–Crippen MR) is 95.9 cm³/mol. The zero-order chi connectivity index (χ0) is 18.4. The molecule has 1 aliphatic heterocycles. The summed E-state index contributed by atoms with van der Waals surface area (Å²) >= 11 is 0. The number of amides is 1. The van der Waals surface area contributed by atoms with Crippen molar-refractivity contribution in [3.8, 4) is 16.9 Å². The Labute approximate surface area is 152 Å². The first-order valence-corrected chi connectivity index (χ1v) is 8.52. The first kappa shape index (κ1) is 17.9. The van der Waals surface area contributed by atoms with Crippen molar-refractivity contribution in [2.45, 2.75) is 12.5 Å². The summed E-state index contributed by atoms with van der Waals surface area (Å²) in [5.74, 6) is -0.466. The van der Waals surface area contributed by atoms with Crippen LogP contribution in [0.25, 0.3) is 11.1 Å². The number of carbonyl (C=O) groups is 2. The van der Waals surface area contributed by atoms with Crippen LogP contribution in [0.1, 0.15) is 6.42 Å². The summed E-state index contributed by atoms with van der Waals surface area (Å²) in [6.45, 7) is 0.960. The highest BCUT2D eigenvalue weighted by Gasteiger charge is 2.26. The monoisotopic (exact) mass is 355 g/mol. The van der Waals surface area contributed by atoms with E-state index in [1.54, 1.807) is 4.90 Å². The molecule has 1 aliphatic rings. The van der Waals surface area contributed by atoms with Crippen LogP contribution in [0.3, 0.4) is 0 Å². The zero-order valence-corrected chi connectivity index (χ0v) is 14.3. The van der Waals surface area contributed by atoms with Crippen molar-refractivity contribution in [1.29, 1.82) is 0 Å². The lowest BCUT2D eigenvalue weighted by atomic mass is 10.1. The number of rotatable bonds is 6. The molecule has 0 saturated carbocycles. The topological polar surface area (TPSA) is 76.1 Å². The van der Waals surface area contributed by atoms with Crippen molar-refractivity contribution in [1.82, 2.24) is 4.90 Å². The van der Waals surface area contributed by atoms with E-state index >= 15 is 0 Å². The van der Waals surface area contributed by atoms with Gasteiger partial charge in [0.05, 0.1) is 19.1 Å². The van der Waals surface area contributed by atoms with Gasteiger partial charge >= 0.3 is 5.97 Å². The Morgan fingerprint density at radius 3 is 2.62 bits per heavy atom. The van der Waals surface area contributed by atoms with Crippen LogP contribution in [0.2, 0.25) is 0 Å². The fourth-order valence-electron chi connectivity index (χ4n) is 2.94. The number of benzene rings is 2. The number of ether oxygens (including phenoxy) is 2. The van der Waals surface area contributed by atoms with Crippen LogP contribution in [-0.4, -0.2) is 54.3 Å². The second kappa shape index (κ2) is 8.49. The summed E-state index contributed by atoms with van der Waals surface area (Å²) < 4.78 is 11.2. The highest BCUT2D eigenvalue weighted by molar-refractivity contribution is 5.79. The summed E-state index contributed by atoms with van der Waals surface area (Å²) in [6, 6.07) is 17.4. The number of para-hydroxylation sites is 1. The predicted octanol–water partition coefficient (Wildman–Crippen LogP) is 2.43. The van der Waals surface area contributed by atoms with Gasteiger partial charge in [0.2, 0.25) is 0 Å². The Morgan fingerprint density at radius 2 is 1.85 bits per heavy atom. The number of nitrogens with zero attached hydrogens (tertiary/aromatic N) is 1. The Kier molecular flexibility index (Phi) is 5.86. The van der Waals surface area contributed by atoms with E-state index in [2.05, 4.69) is 0 Å². The maximum absolute atomic E-state index is 12.4. The molecular weight excluding hydrogens is 334 g/mol. The third-order valence-electron chi connectivity index (χ3n) is 4.22. The van der Waals surface area contributed by atoms with Crippen molar-refractivity contribution in [2.75, 3.05) is 26.3 Å². The second-order valence-corrected chi connectivity index (χ2v) is 6.08. The molecule has 1 unspecified atom stereocenters. The van der Waals surface area contributed by atoms with Crippen LogP contribution in [0.15, 0.2) is 54.6 Å². The van der Waals surface area contributed by atoms with Crippen LogP contribution in [0.4, 0.5) is 0 Å². The van der Waals surface area contributed by atoms with E-state index in [-0.39, 0.29) is 25.5 Å². The third-order valence-corrected chi connectivity index (χ3v) is 4.22. The molecule has 0 spiro atoms. The lowest BCUT2D eigenvalue weighted by Gasteiger charge is -2.32. The van der Waals surface area contributed by atoms with Gasteiger partial charge in [-0.1, -0.05) is 48.5 Å². The van der Waals surface area contributed by atoms with Gasteiger partial charge in [0.25, 0.3) is 5.91 Å². The van der Waals surface area contributed by atoms with Gasteiger partial charge in [-0.3, -0.25) is 9.59 Å². The molecule has 1 N–H and O–H groups in total. The summed E-state index contributed by atoms with van der Waals surface area (Å²) in [5.41, 5.74) is 1.94. The normalized spacial score (nSPS) is 16.9. The summed E-state index contributed by atoms with van der Waals surface area (Å²) in [4.78, 5) is 24.9. The fourth-order valence-corrected chi connectivity index (χ4v) is 2.94. The van der Waals surface area contributed by atoms with Gasteiger partial charge < -0.3 is 19.5 Å². The molecule has 136 valence electrons. The molecule has 1 heterocycles. The van der Waals surface area contributed by atoms with Gasteiger partial charge in [-0.15, -0.1) is 0 Å². The first-order chi connectivity index (χ1) is 12.6. The molecule has 1 saturated heterocycles. The molecule has 1 amide bonds. The van der Waals surface area contributed by atoms with E-state index in [4.69, 9.17) is 14.6 Å². The Bertz CT molecular complexity index is 762. The van der Waals surface area contributed by atoms with Gasteiger partial charge in [-0.25, -0.2) is 0 Å². The molecule has 6 heteroatoms. The largest absolute Gasteiger partial charge is 0.483 e. The number of carbonyl (C=O) groups excluding carboxylic acids is 1. The molecule has 1 atom stereocenters. The van der Waals surface area contributed by atoms with Crippen molar-refractivity contribution >= 4 is 11.9 Å². The van der Waals surface area contributed by atoms with E-state index in [0.29, 0.717) is 18.9 Å². The minimum Gasteiger partial charge on any atom is -0.483 e. The zero-order valence-electron chi connectivity index (χ0n) is 14.3. The van der Waals surface area contributed by atoms with Gasteiger partial charge in [-0.2, -0.15) is 0 Å². The number of carboxylic acid groups (broad SMARTS) is 1. The van der Waals surface area contributed by atoms with Crippen LogP contribution < -0.4 is 4.74 Å².